The lowest BCUT2D eigenvalue weighted by Crippen LogP contribution is -2.50. The fraction of sp³-hybridized carbons (Fsp3) is 0.312. The van der Waals surface area contributed by atoms with Gasteiger partial charge in [0.1, 0.15) is 17.3 Å². The third-order valence-corrected chi connectivity index (χ3v) is 8.22. The van der Waals surface area contributed by atoms with E-state index < -0.39 is 47.1 Å². The Balaban J connectivity index is 1.07. The van der Waals surface area contributed by atoms with Crippen LogP contribution >= 0.6 is 0 Å². The number of benzene rings is 2. The molecule has 0 saturated carbocycles. The van der Waals surface area contributed by atoms with Crippen molar-refractivity contribution in [2.24, 2.45) is 0 Å². The fourth-order valence-corrected chi connectivity index (χ4v) is 5.60. The Hall–Kier alpha value is -5.21. The topological polar surface area (TPSA) is 107 Å². The van der Waals surface area contributed by atoms with Gasteiger partial charge in [-0.1, -0.05) is 42.5 Å². The Morgan fingerprint density at radius 3 is 2.15 bits per heavy atom. The molecule has 0 bridgehead atoms. The van der Waals surface area contributed by atoms with Crippen molar-refractivity contribution in [3.63, 3.8) is 0 Å². The van der Waals surface area contributed by atoms with Crippen LogP contribution in [0.3, 0.4) is 0 Å². The summed E-state index contributed by atoms with van der Waals surface area (Å²) in [7, 11) is 0. The number of hydrogen-bond acceptors (Lipinski definition) is 7. The van der Waals surface area contributed by atoms with Crippen LogP contribution in [0.15, 0.2) is 77.3 Å². The molecular weight excluding hydrogens is 625 g/mol. The van der Waals surface area contributed by atoms with Gasteiger partial charge < -0.3 is 29.8 Å². The van der Waals surface area contributed by atoms with Crippen LogP contribution in [-0.2, 0) is 11.8 Å². The van der Waals surface area contributed by atoms with Gasteiger partial charge in [0.25, 0.3) is 11.9 Å². The Morgan fingerprint density at radius 2 is 1.51 bits per heavy atom. The lowest BCUT2D eigenvalue weighted by Gasteiger charge is -2.35. The average Bonchev–Trinajstić information content (AvgIpc) is 3.54. The number of urea groups is 1. The third kappa shape index (κ3) is 6.98. The molecule has 6 rings (SSSR count). The van der Waals surface area contributed by atoms with E-state index in [9.17, 15) is 27.2 Å². The minimum atomic E-state index is -4.98. The molecule has 2 aliphatic heterocycles. The standard InChI is InChI=1S/C32H30F5N7O3/c33-23-8-4-5-9-24(23)40-29(46)43-18-16-42(17-19-43)25-11-10-22(20-38-25)39-28(45)26-27(32(35,36)37)41-30(47-26)44-14-12-31(34,13-15-44)21-6-2-1-3-7-21/h1-11,20H,12-19H2,(H,39,45)(H,40,46). The fourth-order valence-electron chi connectivity index (χ4n) is 5.60. The van der Waals surface area contributed by atoms with Crippen molar-refractivity contribution in [3.05, 3.63) is 95.8 Å². The third-order valence-electron chi connectivity index (χ3n) is 8.22. The van der Waals surface area contributed by atoms with E-state index in [0.29, 0.717) is 37.6 Å². The predicted octanol–water partition coefficient (Wildman–Crippen LogP) is 6.30. The molecule has 2 fully saturated rings. The van der Waals surface area contributed by atoms with Crippen molar-refractivity contribution < 1.29 is 36.0 Å². The number of amides is 3. The van der Waals surface area contributed by atoms with Gasteiger partial charge in [-0.2, -0.15) is 18.2 Å². The Morgan fingerprint density at radius 1 is 0.830 bits per heavy atom. The first-order valence-electron chi connectivity index (χ1n) is 14.9. The van der Waals surface area contributed by atoms with E-state index in [1.807, 2.05) is 4.90 Å². The first kappa shape index (κ1) is 31.8. The van der Waals surface area contributed by atoms with Crippen LogP contribution in [0.25, 0.3) is 0 Å². The van der Waals surface area contributed by atoms with Crippen LogP contribution in [0.1, 0.15) is 34.7 Å². The second-order valence-electron chi connectivity index (χ2n) is 11.2. The SMILES string of the molecule is O=C(Nc1ccc(N2CCN(C(=O)Nc3ccccc3F)CC2)nc1)c1oc(N2CCC(F)(c3ccccc3)CC2)nc1C(F)(F)F. The molecule has 0 spiro atoms. The number of nitrogens with one attached hydrogen (secondary N) is 2. The molecule has 3 amide bonds. The van der Waals surface area contributed by atoms with E-state index >= 15 is 4.39 Å². The highest BCUT2D eigenvalue weighted by atomic mass is 19.4. The number of piperidine rings is 1. The molecule has 10 nitrogen and oxygen atoms in total. The van der Waals surface area contributed by atoms with Crippen LogP contribution < -0.4 is 20.4 Å². The van der Waals surface area contributed by atoms with Crippen LogP contribution in [0.4, 0.5) is 50.0 Å². The van der Waals surface area contributed by atoms with Gasteiger partial charge in [0.2, 0.25) is 5.76 Å². The maximum Gasteiger partial charge on any atom is 0.437 e. The number of carbonyl (C=O) groups is 2. The lowest BCUT2D eigenvalue weighted by atomic mass is 9.86. The van der Waals surface area contributed by atoms with Gasteiger partial charge in [-0.05, 0) is 29.8 Å². The summed E-state index contributed by atoms with van der Waals surface area (Å²) in [6.07, 6.45) is -3.66. The van der Waals surface area contributed by atoms with Crippen molar-refractivity contribution in [1.29, 1.82) is 0 Å². The van der Waals surface area contributed by atoms with E-state index in [1.54, 1.807) is 47.4 Å². The van der Waals surface area contributed by atoms with Gasteiger partial charge in [-0.3, -0.25) is 4.79 Å². The van der Waals surface area contributed by atoms with E-state index in [0.717, 1.165) is 0 Å². The molecule has 47 heavy (non-hydrogen) atoms. The summed E-state index contributed by atoms with van der Waals surface area (Å²) in [5.74, 6) is -2.19. The number of nitrogens with zero attached hydrogens (tertiary/aromatic N) is 5. The number of hydrogen-bond donors (Lipinski definition) is 2. The number of alkyl halides is 4. The Labute approximate surface area is 266 Å². The van der Waals surface area contributed by atoms with Gasteiger partial charge in [-0.25, -0.2) is 18.6 Å². The molecule has 15 heteroatoms. The van der Waals surface area contributed by atoms with Gasteiger partial charge >= 0.3 is 12.2 Å². The molecule has 0 unspecified atom stereocenters. The summed E-state index contributed by atoms with van der Waals surface area (Å²) < 4.78 is 76.5. The maximum absolute atomic E-state index is 15.6. The van der Waals surface area contributed by atoms with E-state index in [-0.39, 0.29) is 37.3 Å². The second-order valence-corrected chi connectivity index (χ2v) is 11.2. The van der Waals surface area contributed by atoms with Crippen molar-refractivity contribution in [1.82, 2.24) is 14.9 Å². The van der Waals surface area contributed by atoms with Gasteiger partial charge in [0, 0.05) is 52.1 Å². The molecular formula is C32H30F5N7O3. The number of halogens is 5. The molecule has 2 aliphatic rings. The average molecular weight is 656 g/mol. The minimum absolute atomic E-state index is 0.0101. The zero-order chi connectivity index (χ0) is 33.2. The maximum atomic E-state index is 15.6. The normalized spacial score (nSPS) is 16.6. The highest BCUT2D eigenvalue weighted by Crippen LogP contribution is 2.40. The summed E-state index contributed by atoms with van der Waals surface area (Å²) in [6.45, 7) is 1.60. The number of para-hydroxylation sites is 1. The summed E-state index contributed by atoms with van der Waals surface area (Å²) in [4.78, 5) is 38.3. The molecule has 0 radical (unpaired) electrons. The largest absolute Gasteiger partial charge is 0.437 e. The molecule has 0 aliphatic carbocycles. The molecule has 2 N–H and O–H groups in total. The van der Waals surface area contributed by atoms with Gasteiger partial charge in [0.05, 0.1) is 17.6 Å². The zero-order valence-electron chi connectivity index (χ0n) is 24.9. The molecule has 2 aromatic carbocycles. The van der Waals surface area contributed by atoms with Gasteiger partial charge in [0.15, 0.2) is 5.69 Å². The van der Waals surface area contributed by atoms with Crippen LogP contribution in [-0.4, -0.2) is 66.1 Å². The minimum Gasteiger partial charge on any atom is -0.417 e. The lowest BCUT2D eigenvalue weighted by molar-refractivity contribution is -0.141. The number of carbonyl (C=O) groups excluding carboxylic acids is 2. The molecule has 0 atom stereocenters. The molecule has 2 saturated heterocycles. The van der Waals surface area contributed by atoms with Crippen molar-refractivity contribution in [3.8, 4) is 0 Å². The first-order chi connectivity index (χ1) is 22.5. The van der Waals surface area contributed by atoms with E-state index in [4.69, 9.17) is 4.42 Å². The quantitative estimate of drug-likeness (QED) is 0.235. The van der Waals surface area contributed by atoms with Gasteiger partial charge in [-0.15, -0.1) is 0 Å². The summed E-state index contributed by atoms with van der Waals surface area (Å²) in [5, 5.41) is 4.93. The summed E-state index contributed by atoms with van der Waals surface area (Å²) >= 11 is 0. The van der Waals surface area contributed by atoms with Crippen LogP contribution in [0, 0.1) is 5.82 Å². The number of aromatic nitrogens is 2. The number of pyridine rings is 1. The molecule has 246 valence electrons. The number of anilines is 4. The van der Waals surface area contributed by atoms with Crippen molar-refractivity contribution in [2.75, 3.05) is 59.7 Å². The van der Waals surface area contributed by atoms with Crippen LogP contribution in [0.2, 0.25) is 0 Å². The van der Waals surface area contributed by atoms with Crippen molar-refractivity contribution in [2.45, 2.75) is 24.7 Å². The first-order valence-corrected chi connectivity index (χ1v) is 14.9. The molecule has 4 aromatic rings. The number of piperazine rings is 1. The number of oxazole rings is 1. The second kappa shape index (κ2) is 12.9. The molecule has 4 heterocycles. The van der Waals surface area contributed by atoms with E-state index in [2.05, 4.69) is 20.6 Å². The smallest absolute Gasteiger partial charge is 0.417 e. The summed E-state index contributed by atoms with van der Waals surface area (Å²) in [5.41, 5.74) is -2.42. The van der Waals surface area contributed by atoms with E-state index in [1.165, 1.54) is 35.4 Å². The number of rotatable bonds is 6. The Bertz CT molecular complexity index is 1720. The predicted molar refractivity (Wildman–Crippen MR) is 164 cm³/mol. The summed E-state index contributed by atoms with van der Waals surface area (Å²) in [6, 6.07) is 16.7. The highest BCUT2D eigenvalue weighted by molar-refractivity contribution is 6.03. The van der Waals surface area contributed by atoms with Crippen molar-refractivity contribution >= 4 is 35.1 Å². The molecule has 2 aromatic heterocycles. The Kier molecular flexibility index (Phi) is 8.71. The highest BCUT2D eigenvalue weighted by Gasteiger charge is 2.43. The zero-order valence-corrected chi connectivity index (χ0v) is 24.9. The van der Waals surface area contributed by atoms with Crippen LogP contribution in [0.5, 0.6) is 0 Å². The monoisotopic (exact) mass is 655 g/mol.